The van der Waals surface area contributed by atoms with Crippen LogP contribution < -0.4 is 0 Å². The highest BCUT2D eigenvalue weighted by atomic mass is 16.5. The molecule has 3 nitrogen and oxygen atoms in total. The van der Waals surface area contributed by atoms with Crippen molar-refractivity contribution in [3.63, 3.8) is 0 Å². The maximum atomic E-state index is 5.71. The summed E-state index contributed by atoms with van der Waals surface area (Å²) in [5, 5.41) is 4.33. The zero-order chi connectivity index (χ0) is 11.3. The van der Waals surface area contributed by atoms with Crippen LogP contribution in [0.1, 0.15) is 52.3 Å². The summed E-state index contributed by atoms with van der Waals surface area (Å²) in [5.74, 6) is 0. The lowest BCUT2D eigenvalue weighted by atomic mass is 10.2. The van der Waals surface area contributed by atoms with E-state index in [2.05, 4.69) is 37.5 Å². The molecule has 0 radical (unpaired) electrons. The molecule has 1 heterocycles. The first kappa shape index (κ1) is 12.2. The molecular weight excluding hydrogens is 188 g/mol. The lowest BCUT2D eigenvalue weighted by Crippen LogP contribution is -2.13. The molecule has 1 aromatic heterocycles. The van der Waals surface area contributed by atoms with Crippen LogP contribution in [0.4, 0.5) is 0 Å². The van der Waals surface area contributed by atoms with E-state index in [9.17, 15) is 0 Å². The van der Waals surface area contributed by atoms with Gasteiger partial charge in [0.2, 0.25) is 0 Å². The predicted molar refractivity (Wildman–Crippen MR) is 61.8 cm³/mol. The van der Waals surface area contributed by atoms with Crippen LogP contribution in [0.5, 0.6) is 0 Å². The number of hydrogen-bond donors (Lipinski definition) is 0. The fraction of sp³-hybridized carbons (Fsp3) is 0.750. The van der Waals surface area contributed by atoms with Crippen molar-refractivity contribution in [1.29, 1.82) is 0 Å². The second-order valence-corrected chi connectivity index (χ2v) is 4.05. The maximum Gasteiger partial charge on any atom is 0.0888 e. The van der Waals surface area contributed by atoms with Gasteiger partial charge in [-0.05, 0) is 32.8 Å². The topological polar surface area (TPSA) is 27.1 Å². The molecule has 0 aliphatic rings. The van der Waals surface area contributed by atoms with E-state index in [4.69, 9.17) is 4.74 Å². The molecule has 1 rings (SSSR count). The van der Waals surface area contributed by atoms with Crippen LogP contribution >= 0.6 is 0 Å². The molecular formula is C12H22N2O. The van der Waals surface area contributed by atoms with E-state index >= 15 is 0 Å². The summed E-state index contributed by atoms with van der Waals surface area (Å²) in [6.45, 7) is 9.26. The minimum absolute atomic E-state index is 0.324. The van der Waals surface area contributed by atoms with Crippen LogP contribution in [0.15, 0.2) is 12.3 Å². The third-order valence-electron chi connectivity index (χ3n) is 2.85. The van der Waals surface area contributed by atoms with Gasteiger partial charge in [0.1, 0.15) is 0 Å². The van der Waals surface area contributed by atoms with Gasteiger partial charge in [0.05, 0.1) is 18.4 Å². The normalized spacial score (nSPS) is 15.2. The average Bonchev–Trinajstić information content (AvgIpc) is 2.72. The highest BCUT2D eigenvalue weighted by molar-refractivity contribution is 5.00. The number of rotatable bonds is 6. The van der Waals surface area contributed by atoms with E-state index in [0.717, 1.165) is 12.8 Å². The van der Waals surface area contributed by atoms with Crippen LogP contribution in [-0.4, -0.2) is 15.9 Å². The second kappa shape index (κ2) is 5.91. The quantitative estimate of drug-likeness (QED) is 0.721. The SMILES string of the molecule is CC[C@H](C)OCc1ccnn1[C@@H](C)CC. The van der Waals surface area contributed by atoms with Gasteiger partial charge in [-0.1, -0.05) is 13.8 Å². The molecule has 0 aliphatic heterocycles. The molecule has 86 valence electrons. The molecule has 0 aromatic carbocycles. The lowest BCUT2D eigenvalue weighted by molar-refractivity contribution is 0.0459. The monoisotopic (exact) mass is 210 g/mol. The summed E-state index contributed by atoms with van der Waals surface area (Å²) in [7, 11) is 0. The van der Waals surface area contributed by atoms with Gasteiger partial charge < -0.3 is 4.74 Å². The highest BCUT2D eigenvalue weighted by Gasteiger charge is 2.09. The van der Waals surface area contributed by atoms with E-state index in [0.29, 0.717) is 18.8 Å². The van der Waals surface area contributed by atoms with Gasteiger partial charge >= 0.3 is 0 Å². The number of nitrogens with zero attached hydrogens (tertiary/aromatic N) is 2. The maximum absolute atomic E-state index is 5.71. The molecule has 15 heavy (non-hydrogen) atoms. The standard InChI is InChI=1S/C12H22N2O/c1-5-10(3)14-12(7-8-13-14)9-15-11(4)6-2/h7-8,10-11H,5-6,9H2,1-4H3/t10-,11-/m0/s1. The Kier molecular flexibility index (Phi) is 4.82. The fourth-order valence-electron chi connectivity index (χ4n) is 1.37. The van der Waals surface area contributed by atoms with Crippen molar-refractivity contribution < 1.29 is 4.74 Å². The minimum Gasteiger partial charge on any atom is -0.372 e. The largest absolute Gasteiger partial charge is 0.372 e. The Labute approximate surface area is 92.4 Å². The predicted octanol–water partition coefficient (Wildman–Crippen LogP) is 3.17. The van der Waals surface area contributed by atoms with Crippen LogP contribution in [0.3, 0.4) is 0 Å². The minimum atomic E-state index is 0.324. The highest BCUT2D eigenvalue weighted by Crippen LogP contribution is 2.13. The Bertz CT molecular complexity index is 283. The van der Waals surface area contributed by atoms with Crippen molar-refractivity contribution in [2.75, 3.05) is 0 Å². The van der Waals surface area contributed by atoms with Crippen molar-refractivity contribution in [3.05, 3.63) is 18.0 Å². The molecule has 0 saturated carbocycles. The third-order valence-corrected chi connectivity index (χ3v) is 2.85. The third kappa shape index (κ3) is 3.34. The Morgan fingerprint density at radius 2 is 2.07 bits per heavy atom. The van der Waals surface area contributed by atoms with E-state index in [-0.39, 0.29) is 0 Å². The van der Waals surface area contributed by atoms with Crippen LogP contribution in [0, 0.1) is 0 Å². The fourth-order valence-corrected chi connectivity index (χ4v) is 1.37. The number of aromatic nitrogens is 2. The molecule has 0 saturated heterocycles. The zero-order valence-corrected chi connectivity index (χ0v) is 10.2. The molecule has 0 spiro atoms. The van der Waals surface area contributed by atoms with Gasteiger partial charge in [-0.15, -0.1) is 0 Å². The molecule has 2 atom stereocenters. The smallest absolute Gasteiger partial charge is 0.0888 e. The summed E-state index contributed by atoms with van der Waals surface area (Å²) in [5.41, 5.74) is 1.17. The first-order valence-corrected chi connectivity index (χ1v) is 5.83. The second-order valence-electron chi connectivity index (χ2n) is 4.05. The van der Waals surface area contributed by atoms with E-state index < -0.39 is 0 Å². The van der Waals surface area contributed by atoms with E-state index in [1.807, 2.05) is 12.3 Å². The molecule has 0 unspecified atom stereocenters. The number of ether oxygens (including phenoxy) is 1. The Morgan fingerprint density at radius 3 is 2.67 bits per heavy atom. The van der Waals surface area contributed by atoms with Crippen molar-refractivity contribution in [3.8, 4) is 0 Å². The van der Waals surface area contributed by atoms with Crippen molar-refractivity contribution >= 4 is 0 Å². The number of hydrogen-bond acceptors (Lipinski definition) is 2. The molecule has 0 fully saturated rings. The molecule has 3 heteroatoms. The van der Waals surface area contributed by atoms with Crippen molar-refractivity contribution in [2.24, 2.45) is 0 Å². The average molecular weight is 210 g/mol. The molecule has 0 bridgehead atoms. The Hall–Kier alpha value is -0.830. The summed E-state index contributed by atoms with van der Waals surface area (Å²) in [6.07, 6.45) is 4.32. The van der Waals surface area contributed by atoms with Gasteiger partial charge in [0.15, 0.2) is 0 Å². The molecule has 0 aliphatic carbocycles. The van der Waals surface area contributed by atoms with E-state index in [1.54, 1.807) is 0 Å². The molecule has 1 aromatic rings. The molecule has 0 amide bonds. The first-order chi connectivity index (χ1) is 7.19. The summed E-state index contributed by atoms with van der Waals surface area (Å²) in [4.78, 5) is 0. The Morgan fingerprint density at radius 1 is 1.33 bits per heavy atom. The lowest BCUT2D eigenvalue weighted by Gasteiger charge is -2.15. The summed E-state index contributed by atoms with van der Waals surface area (Å²) < 4.78 is 7.77. The Balaban J connectivity index is 2.57. The van der Waals surface area contributed by atoms with Gasteiger partial charge in [-0.3, -0.25) is 4.68 Å². The van der Waals surface area contributed by atoms with Gasteiger partial charge in [0.25, 0.3) is 0 Å². The first-order valence-electron chi connectivity index (χ1n) is 5.83. The van der Waals surface area contributed by atoms with Gasteiger partial charge in [0, 0.05) is 12.2 Å². The summed E-state index contributed by atoms with van der Waals surface area (Å²) >= 11 is 0. The van der Waals surface area contributed by atoms with Crippen LogP contribution in [0.2, 0.25) is 0 Å². The summed E-state index contributed by atoms with van der Waals surface area (Å²) in [6, 6.07) is 2.49. The van der Waals surface area contributed by atoms with E-state index in [1.165, 1.54) is 5.69 Å². The van der Waals surface area contributed by atoms with Crippen molar-refractivity contribution in [1.82, 2.24) is 9.78 Å². The van der Waals surface area contributed by atoms with Crippen LogP contribution in [0.25, 0.3) is 0 Å². The van der Waals surface area contributed by atoms with Gasteiger partial charge in [-0.25, -0.2) is 0 Å². The zero-order valence-electron chi connectivity index (χ0n) is 10.2. The van der Waals surface area contributed by atoms with Gasteiger partial charge in [-0.2, -0.15) is 5.10 Å². The van der Waals surface area contributed by atoms with Crippen LogP contribution in [-0.2, 0) is 11.3 Å². The molecule has 0 N–H and O–H groups in total. The van der Waals surface area contributed by atoms with Crippen molar-refractivity contribution in [2.45, 2.75) is 59.3 Å².